The molecule has 6 heteroatoms. The predicted octanol–water partition coefficient (Wildman–Crippen LogP) is 2.47. The number of amides is 1. The molecule has 0 radical (unpaired) electrons. The van der Waals surface area contributed by atoms with E-state index in [9.17, 15) is 4.79 Å². The first-order valence-corrected chi connectivity index (χ1v) is 7.37. The average Bonchev–Trinajstić information content (AvgIpc) is 2.48. The average molecular weight is 298 g/mol. The first kappa shape index (κ1) is 15.1. The van der Waals surface area contributed by atoms with Crippen LogP contribution in [0.3, 0.4) is 0 Å². The van der Waals surface area contributed by atoms with Crippen LogP contribution in [0.5, 0.6) is 0 Å². The normalized spacial score (nSPS) is 18.6. The Morgan fingerprint density at radius 1 is 1.55 bits per heavy atom. The monoisotopic (exact) mass is 297 g/mol. The van der Waals surface area contributed by atoms with Crippen molar-refractivity contribution in [3.8, 4) is 0 Å². The number of hydrogen-bond donors (Lipinski definition) is 2. The van der Waals surface area contributed by atoms with Crippen LogP contribution in [0.2, 0.25) is 5.02 Å². The van der Waals surface area contributed by atoms with E-state index in [2.05, 4.69) is 15.6 Å². The van der Waals surface area contributed by atoms with Gasteiger partial charge in [-0.15, -0.1) is 0 Å². The molecule has 0 spiro atoms. The van der Waals surface area contributed by atoms with Crippen molar-refractivity contribution in [3.63, 3.8) is 0 Å². The molecule has 1 amide bonds. The van der Waals surface area contributed by atoms with Crippen molar-refractivity contribution in [2.24, 2.45) is 0 Å². The van der Waals surface area contributed by atoms with Gasteiger partial charge < -0.3 is 15.4 Å². The summed E-state index contributed by atoms with van der Waals surface area (Å²) in [5.74, 6) is 0.429. The lowest BCUT2D eigenvalue weighted by Gasteiger charge is -2.22. The molecule has 1 aromatic rings. The SMILES string of the molecule is CCNc1ncc(C(=O)NCC2CCCCO2)cc1Cl. The van der Waals surface area contributed by atoms with E-state index in [4.69, 9.17) is 16.3 Å². The molecule has 0 aromatic carbocycles. The zero-order valence-corrected chi connectivity index (χ0v) is 12.4. The van der Waals surface area contributed by atoms with Gasteiger partial charge >= 0.3 is 0 Å². The number of carbonyl (C=O) groups is 1. The predicted molar refractivity (Wildman–Crippen MR) is 79.3 cm³/mol. The van der Waals surface area contributed by atoms with Gasteiger partial charge in [-0.3, -0.25) is 4.79 Å². The van der Waals surface area contributed by atoms with Crippen LogP contribution in [0.4, 0.5) is 5.82 Å². The van der Waals surface area contributed by atoms with Gasteiger partial charge in [0.25, 0.3) is 5.91 Å². The number of nitrogens with one attached hydrogen (secondary N) is 2. The van der Waals surface area contributed by atoms with Crippen molar-refractivity contribution in [1.82, 2.24) is 10.3 Å². The quantitative estimate of drug-likeness (QED) is 0.876. The molecule has 1 unspecified atom stereocenters. The highest BCUT2D eigenvalue weighted by molar-refractivity contribution is 6.33. The molecule has 2 heterocycles. The third kappa shape index (κ3) is 4.08. The van der Waals surface area contributed by atoms with Crippen LogP contribution in [0.1, 0.15) is 36.5 Å². The minimum atomic E-state index is -0.170. The maximum Gasteiger partial charge on any atom is 0.252 e. The molecule has 0 aliphatic carbocycles. The molecule has 110 valence electrons. The van der Waals surface area contributed by atoms with E-state index in [-0.39, 0.29) is 12.0 Å². The fraction of sp³-hybridized carbons (Fsp3) is 0.571. The number of ether oxygens (including phenoxy) is 1. The summed E-state index contributed by atoms with van der Waals surface area (Å²) in [5, 5.41) is 6.35. The molecule has 1 aromatic heterocycles. The maximum atomic E-state index is 12.0. The van der Waals surface area contributed by atoms with Crippen LogP contribution in [0, 0.1) is 0 Å². The Labute approximate surface area is 124 Å². The topological polar surface area (TPSA) is 63.2 Å². The van der Waals surface area contributed by atoms with Gasteiger partial charge in [0, 0.05) is 25.9 Å². The molecule has 2 rings (SSSR count). The van der Waals surface area contributed by atoms with Gasteiger partial charge in [-0.25, -0.2) is 4.98 Å². The largest absolute Gasteiger partial charge is 0.376 e. The molecule has 1 aliphatic rings. The number of pyridine rings is 1. The Bertz CT molecular complexity index is 462. The lowest BCUT2D eigenvalue weighted by Crippen LogP contribution is -2.35. The van der Waals surface area contributed by atoms with Crippen LogP contribution < -0.4 is 10.6 Å². The minimum absolute atomic E-state index is 0.122. The third-order valence-corrected chi connectivity index (χ3v) is 3.50. The van der Waals surface area contributed by atoms with Crippen molar-refractivity contribution >= 4 is 23.3 Å². The first-order chi connectivity index (χ1) is 9.70. The summed E-state index contributed by atoms with van der Waals surface area (Å²) in [4.78, 5) is 16.2. The highest BCUT2D eigenvalue weighted by Gasteiger charge is 2.16. The summed E-state index contributed by atoms with van der Waals surface area (Å²) in [5.41, 5.74) is 0.465. The van der Waals surface area contributed by atoms with E-state index < -0.39 is 0 Å². The molecule has 5 nitrogen and oxygen atoms in total. The maximum absolute atomic E-state index is 12.0. The fourth-order valence-corrected chi connectivity index (χ4v) is 2.37. The first-order valence-electron chi connectivity index (χ1n) is 7.00. The Morgan fingerprint density at radius 2 is 2.40 bits per heavy atom. The number of rotatable bonds is 5. The number of aromatic nitrogens is 1. The molecular formula is C14H20ClN3O2. The van der Waals surface area contributed by atoms with Crippen molar-refractivity contribution in [2.75, 3.05) is 25.0 Å². The summed E-state index contributed by atoms with van der Waals surface area (Å²) >= 11 is 6.07. The highest BCUT2D eigenvalue weighted by Crippen LogP contribution is 2.20. The van der Waals surface area contributed by atoms with Crippen molar-refractivity contribution < 1.29 is 9.53 Å². The van der Waals surface area contributed by atoms with Gasteiger partial charge in [-0.1, -0.05) is 11.6 Å². The summed E-state index contributed by atoms with van der Waals surface area (Å²) in [7, 11) is 0. The second-order valence-electron chi connectivity index (χ2n) is 4.78. The van der Waals surface area contributed by atoms with Crippen LogP contribution >= 0.6 is 11.6 Å². The van der Waals surface area contributed by atoms with E-state index >= 15 is 0 Å². The van der Waals surface area contributed by atoms with Crippen molar-refractivity contribution in [1.29, 1.82) is 0 Å². The number of halogens is 1. The summed E-state index contributed by atoms with van der Waals surface area (Å²) in [6.07, 6.45) is 4.91. The van der Waals surface area contributed by atoms with E-state index in [1.807, 2.05) is 6.92 Å². The second-order valence-corrected chi connectivity index (χ2v) is 5.19. The second kappa shape index (κ2) is 7.45. The highest BCUT2D eigenvalue weighted by atomic mass is 35.5. The molecule has 0 saturated carbocycles. The Balaban J connectivity index is 1.89. The van der Waals surface area contributed by atoms with Crippen LogP contribution in [0.15, 0.2) is 12.3 Å². The fourth-order valence-electron chi connectivity index (χ4n) is 2.14. The van der Waals surface area contributed by atoms with E-state index in [1.54, 1.807) is 6.07 Å². The zero-order valence-electron chi connectivity index (χ0n) is 11.6. The van der Waals surface area contributed by atoms with E-state index in [1.165, 1.54) is 6.20 Å². The van der Waals surface area contributed by atoms with E-state index in [0.717, 1.165) is 32.4 Å². The van der Waals surface area contributed by atoms with Gasteiger partial charge in [-0.05, 0) is 32.3 Å². The molecule has 20 heavy (non-hydrogen) atoms. The van der Waals surface area contributed by atoms with Crippen molar-refractivity contribution in [2.45, 2.75) is 32.3 Å². The van der Waals surface area contributed by atoms with Gasteiger partial charge in [0.2, 0.25) is 0 Å². The van der Waals surface area contributed by atoms with Crippen molar-refractivity contribution in [3.05, 3.63) is 22.8 Å². The van der Waals surface area contributed by atoms with Gasteiger partial charge in [-0.2, -0.15) is 0 Å². The Morgan fingerprint density at radius 3 is 3.05 bits per heavy atom. The molecular weight excluding hydrogens is 278 g/mol. The number of anilines is 1. The van der Waals surface area contributed by atoms with Gasteiger partial charge in [0.15, 0.2) is 0 Å². The molecule has 1 aliphatic heterocycles. The Hall–Kier alpha value is -1.33. The van der Waals surface area contributed by atoms with Crippen LogP contribution in [0.25, 0.3) is 0 Å². The minimum Gasteiger partial charge on any atom is -0.376 e. The molecule has 1 atom stereocenters. The Kier molecular flexibility index (Phi) is 5.61. The summed E-state index contributed by atoms with van der Waals surface area (Å²) in [6, 6.07) is 1.63. The smallest absolute Gasteiger partial charge is 0.252 e. The van der Waals surface area contributed by atoms with Crippen LogP contribution in [-0.2, 0) is 4.74 Å². The summed E-state index contributed by atoms with van der Waals surface area (Å²) in [6.45, 7) is 4.01. The van der Waals surface area contributed by atoms with Crippen LogP contribution in [-0.4, -0.2) is 36.7 Å². The molecule has 1 fully saturated rings. The molecule has 1 saturated heterocycles. The zero-order chi connectivity index (χ0) is 14.4. The number of nitrogens with zero attached hydrogens (tertiary/aromatic N) is 1. The van der Waals surface area contributed by atoms with Gasteiger partial charge in [0.05, 0.1) is 16.7 Å². The standard InChI is InChI=1S/C14H20ClN3O2/c1-2-16-13-12(15)7-10(8-17-13)14(19)18-9-11-5-3-4-6-20-11/h7-8,11H,2-6,9H2,1H3,(H,16,17)(H,18,19). The number of hydrogen-bond acceptors (Lipinski definition) is 4. The lowest BCUT2D eigenvalue weighted by atomic mass is 10.1. The van der Waals surface area contributed by atoms with E-state index in [0.29, 0.717) is 22.9 Å². The third-order valence-electron chi connectivity index (χ3n) is 3.21. The number of carbonyl (C=O) groups excluding carboxylic acids is 1. The summed E-state index contributed by atoms with van der Waals surface area (Å²) < 4.78 is 5.57. The molecule has 2 N–H and O–H groups in total. The molecule has 0 bridgehead atoms. The van der Waals surface area contributed by atoms with Gasteiger partial charge in [0.1, 0.15) is 5.82 Å². The lowest BCUT2D eigenvalue weighted by molar-refractivity contribution is 0.0169.